The Kier molecular flexibility index (Phi) is 8.11. The number of benzene rings is 2. The van der Waals surface area contributed by atoms with E-state index in [4.69, 9.17) is 31.5 Å². The molecule has 0 amide bonds. The van der Waals surface area contributed by atoms with E-state index in [0.717, 1.165) is 32.0 Å². The van der Waals surface area contributed by atoms with Crippen molar-refractivity contribution in [2.75, 3.05) is 25.7 Å². The number of ketones is 1. The van der Waals surface area contributed by atoms with E-state index in [0.29, 0.717) is 11.1 Å². The average Bonchev–Trinajstić information content (AvgIpc) is 3.86. The Balaban J connectivity index is 1.78. The van der Waals surface area contributed by atoms with Crippen molar-refractivity contribution in [2.24, 2.45) is 11.7 Å². The summed E-state index contributed by atoms with van der Waals surface area (Å²) in [5.41, 5.74) is 7.27. The third kappa shape index (κ3) is 5.06. The van der Waals surface area contributed by atoms with Crippen LogP contribution in [0.25, 0.3) is 0 Å². The molecule has 1 heterocycles. The SMILES string of the molecule is CCOC(=O)C1=CC(C2CC2)c2cc(Cl)c(N3C(N)=C(C#N)C(c4ccccc4)C(C(=O)OC)=C3C(=O)OC)cc2C1=O. The van der Waals surface area contributed by atoms with E-state index in [1.807, 2.05) is 0 Å². The first kappa shape index (κ1) is 29.6. The first-order valence-corrected chi connectivity index (χ1v) is 14.0. The fourth-order valence-corrected chi connectivity index (χ4v) is 5.95. The maximum Gasteiger partial charge on any atom is 0.355 e. The van der Waals surface area contributed by atoms with Crippen LogP contribution >= 0.6 is 11.6 Å². The van der Waals surface area contributed by atoms with E-state index >= 15 is 0 Å². The Labute approximate surface area is 252 Å². The molecule has 2 unspecified atom stereocenters. The minimum atomic E-state index is -1.07. The number of carbonyl (C=O) groups excluding carboxylic acids is 4. The quantitative estimate of drug-likeness (QED) is 0.274. The summed E-state index contributed by atoms with van der Waals surface area (Å²) in [4.78, 5) is 54.4. The van der Waals surface area contributed by atoms with Gasteiger partial charge in [-0.05, 0) is 48.9 Å². The number of allylic oxidation sites excluding steroid dienone is 2. The summed E-state index contributed by atoms with van der Waals surface area (Å²) < 4.78 is 15.3. The summed E-state index contributed by atoms with van der Waals surface area (Å²) >= 11 is 6.85. The minimum absolute atomic E-state index is 0.0342. The molecule has 2 atom stereocenters. The number of hydrogen-bond donors (Lipinski definition) is 1. The minimum Gasteiger partial charge on any atom is -0.466 e. The van der Waals surface area contributed by atoms with Crippen LogP contribution in [0.1, 0.15) is 53.1 Å². The fraction of sp³-hybridized carbons (Fsp3) is 0.281. The van der Waals surface area contributed by atoms with Gasteiger partial charge in [-0.3, -0.25) is 9.69 Å². The number of methoxy groups -OCH3 is 2. The second kappa shape index (κ2) is 11.8. The fourth-order valence-electron chi connectivity index (χ4n) is 5.69. The van der Waals surface area contributed by atoms with Crippen molar-refractivity contribution < 1.29 is 33.4 Å². The highest BCUT2D eigenvalue weighted by molar-refractivity contribution is 6.34. The summed E-state index contributed by atoms with van der Waals surface area (Å²) in [5, 5.41) is 10.4. The summed E-state index contributed by atoms with van der Waals surface area (Å²) in [5.74, 6) is -4.48. The Morgan fingerprint density at radius 3 is 2.33 bits per heavy atom. The number of hydrogen-bond acceptors (Lipinski definition) is 10. The third-order valence-corrected chi connectivity index (χ3v) is 8.09. The second-order valence-corrected chi connectivity index (χ2v) is 10.6. The molecule has 220 valence electrons. The van der Waals surface area contributed by atoms with Gasteiger partial charge in [0.15, 0.2) is 5.78 Å². The van der Waals surface area contributed by atoms with Gasteiger partial charge in [0, 0.05) is 11.5 Å². The van der Waals surface area contributed by atoms with Gasteiger partial charge in [-0.25, -0.2) is 14.4 Å². The Bertz CT molecular complexity index is 1680. The molecule has 5 rings (SSSR count). The number of nitrogens with two attached hydrogens (primary N) is 1. The van der Waals surface area contributed by atoms with Gasteiger partial charge in [-0.2, -0.15) is 5.26 Å². The largest absolute Gasteiger partial charge is 0.466 e. The lowest BCUT2D eigenvalue weighted by Gasteiger charge is -2.37. The van der Waals surface area contributed by atoms with Crippen LogP contribution in [0.5, 0.6) is 0 Å². The van der Waals surface area contributed by atoms with Crippen LogP contribution in [0.15, 0.2) is 76.8 Å². The van der Waals surface area contributed by atoms with Gasteiger partial charge < -0.3 is 19.9 Å². The number of carbonyl (C=O) groups is 4. The first-order valence-electron chi connectivity index (χ1n) is 13.6. The molecule has 2 aromatic rings. The van der Waals surface area contributed by atoms with Gasteiger partial charge in [-0.15, -0.1) is 0 Å². The zero-order valence-electron chi connectivity index (χ0n) is 23.7. The molecular weight excluding hydrogens is 574 g/mol. The van der Waals surface area contributed by atoms with Gasteiger partial charge in [0.2, 0.25) is 0 Å². The maximum absolute atomic E-state index is 13.7. The van der Waals surface area contributed by atoms with E-state index in [1.54, 1.807) is 49.4 Å². The lowest BCUT2D eigenvalue weighted by molar-refractivity contribution is -0.139. The predicted octanol–water partition coefficient (Wildman–Crippen LogP) is 4.42. The second-order valence-electron chi connectivity index (χ2n) is 10.2. The highest BCUT2D eigenvalue weighted by Crippen LogP contribution is 2.50. The molecule has 11 heteroatoms. The molecular formula is C32H28ClN3O7. The summed E-state index contributed by atoms with van der Waals surface area (Å²) in [7, 11) is 2.28. The average molecular weight is 602 g/mol. The topological polar surface area (TPSA) is 149 Å². The number of esters is 3. The van der Waals surface area contributed by atoms with Gasteiger partial charge in [0.25, 0.3) is 0 Å². The number of fused-ring (bicyclic) bond motifs is 1. The number of Topliss-reactive ketones (excluding diaryl/α,β-unsaturated/α-hetero) is 1. The number of ether oxygens (including phenoxy) is 3. The molecule has 0 radical (unpaired) electrons. The van der Waals surface area contributed by atoms with Crippen molar-refractivity contribution in [2.45, 2.75) is 31.6 Å². The van der Waals surface area contributed by atoms with Crippen LogP contribution in [-0.4, -0.2) is 44.5 Å². The summed E-state index contributed by atoms with van der Waals surface area (Å²) in [6.45, 7) is 1.74. The Morgan fingerprint density at radius 1 is 1.07 bits per heavy atom. The molecule has 0 saturated heterocycles. The Morgan fingerprint density at radius 2 is 1.74 bits per heavy atom. The monoisotopic (exact) mass is 601 g/mol. The maximum atomic E-state index is 13.7. The van der Waals surface area contributed by atoms with Crippen molar-refractivity contribution >= 4 is 41.0 Å². The van der Waals surface area contributed by atoms with Crippen molar-refractivity contribution in [3.63, 3.8) is 0 Å². The number of halogens is 1. The summed E-state index contributed by atoms with van der Waals surface area (Å²) in [6, 6.07) is 13.7. The molecule has 1 fully saturated rings. The van der Waals surface area contributed by atoms with Crippen LogP contribution in [0.3, 0.4) is 0 Å². The van der Waals surface area contributed by atoms with Crippen LogP contribution in [0.4, 0.5) is 5.69 Å². The molecule has 43 heavy (non-hydrogen) atoms. The third-order valence-electron chi connectivity index (χ3n) is 7.79. The molecule has 10 nitrogen and oxygen atoms in total. The molecule has 0 aromatic heterocycles. The van der Waals surface area contributed by atoms with E-state index in [9.17, 15) is 24.4 Å². The van der Waals surface area contributed by atoms with E-state index in [1.165, 1.54) is 6.07 Å². The number of rotatable bonds is 7. The summed E-state index contributed by atoms with van der Waals surface area (Å²) in [6.07, 6.45) is 3.46. The highest BCUT2D eigenvalue weighted by atomic mass is 35.5. The highest BCUT2D eigenvalue weighted by Gasteiger charge is 2.45. The standard InChI is InChI=1S/C32H28ClN3O7/c1-4-43-30(38)21-12-18(16-10-11-16)19-13-23(33)24(14-20(19)28(21)37)36-27(32(40)42-3)26(31(39)41-2)25(22(15-34)29(36)35)17-8-6-5-7-9-17/h5-9,12-14,16,18,25H,4,10-11,35H2,1-3H3. The van der Waals surface area contributed by atoms with Crippen LogP contribution < -0.4 is 10.6 Å². The van der Waals surface area contributed by atoms with Crippen LogP contribution in [-0.2, 0) is 28.6 Å². The number of anilines is 1. The van der Waals surface area contributed by atoms with Crippen molar-refractivity contribution in [3.8, 4) is 6.07 Å². The molecule has 3 aliphatic rings. The predicted molar refractivity (Wildman–Crippen MR) is 156 cm³/mol. The molecule has 0 spiro atoms. The zero-order chi connectivity index (χ0) is 31.0. The molecule has 2 aliphatic carbocycles. The molecule has 1 aliphatic heterocycles. The van der Waals surface area contributed by atoms with Crippen molar-refractivity contribution in [1.82, 2.24) is 0 Å². The lowest BCUT2D eigenvalue weighted by Crippen LogP contribution is -2.41. The number of nitriles is 1. The molecule has 2 N–H and O–H groups in total. The van der Waals surface area contributed by atoms with Gasteiger partial charge in [0.1, 0.15) is 17.1 Å². The normalized spacial score (nSPS) is 19.7. The van der Waals surface area contributed by atoms with Crippen LogP contribution in [0.2, 0.25) is 5.02 Å². The van der Waals surface area contributed by atoms with Gasteiger partial charge in [0.05, 0.1) is 54.7 Å². The molecule has 0 bridgehead atoms. The molecule has 2 aromatic carbocycles. The Hall–Kier alpha value is -4.88. The van der Waals surface area contributed by atoms with Gasteiger partial charge >= 0.3 is 17.9 Å². The van der Waals surface area contributed by atoms with Crippen LogP contribution in [0, 0.1) is 17.2 Å². The van der Waals surface area contributed by atoms with E-state index < -0.39 is 29.6 Å². The lowest BCUT2D eigenvalue weighted by atomic mass is 9.79. The molecule has 1 saturated carbocycles. The van der Waals surface area contributed by atoms with Gasteiger partial charge in [-0.1, -0.05) is 48.0 Å². The first-order chi connectivity index (χ1) is 20.7. The smallest absolute Gasteiger partial charge is 0.355 e. The zero-order valence-corrected chi connectivity index (χ0v) is 24.4. The van der Waals surface area contributed by atoms with E-state index in [2.05, 4.69) is 6.07 Å². The van der Waals surface area contributed by atoms with Crippen molar-refractivity contribution in [3.05, 3.63) is 98.5 Å². The van der Waals surface area contributed by atoms with E-state index in [-0.39, 0.29) is 63.0 Å². The van der Waals surface area contributed by atoms with Crippen molar-refractivity contribution in [1.29, 1.82) is 5.26 Å². The number of nitrogens with zero attached hydrogens (tertiary/aromatic N) is 2.